The van der Waals surface area contributed by atoms with E-state index >= 15 is 0 Å². The van der Waals surface area contributed by atoms with Gasteiger partial charge in [0.15, 0.2) is 5.96 Å². The number of aromatic nitrogens is 1. The Morgan fingerprint density at radius 2 is 2.12 bits per heavy atom. The molecule has 0 bridgehead atoms. The van der Waals surface area contributed by atoms with Gasteiger partial charge in [0.2, 0.25) is 0 Å². The van der Waals surface area contributed by atoms with Gasteiger partial charge < -0.3 is 5.73 Å². The minimum atomic E-state index is -0.0386. The van der Waals surface area contributed by atoms with Crippen molar-refractivity contribution in [1.82, 2.24) is 9.88 Å². The molecule has 3 heterocycles. The monoisotopic (exact) mass is 215 g/mol. The number of hydrogen-bond acceptors (Lipinski definition) is 5. The molecule has 0 aliphatic carbocycles. The zero-order valence-corrected chi connectivity index (χ0v) is 8.87. The van der Waals surface area contributed by atoms with Gasteiger partial charge in [0, 0.05) is 25.5 Å². The van der Waals surface area contributed by atoms with Crippen molar-refractivity contribution in [3.05, 3.63) is 30.1 Å². The highest BCUT2D eigenvalue weighted by Crippen LogP contribution is 2.27. The summed E-state index contributed by atoms with van der Waals surface area (Å²) in [6.07, 6.45) is 4.59. The van der Waals surface area contributed by atoms with Gasteiger partial charge in [-0.1, -0.05) is 0 Å². The van der Waals surface area contributed by atoms with Crippen molar-refractivity contribution in [3.8, 4) is 0 Å². The van der Waals surface area contributed by atoms with Crippen LogP contribution in [0.4, 0.5) is 0 Å². The predicted octanol–water partition coefficient (Wildman–Crippen LogP) is 0.555. The summed E-state index contributed by atoms with van der Waals surface area (Å²) < 4.78 is 0. The minimum Gasteiger partial charge on any atom is -0.369 e. The Morgan fingerprint density at radius 1 is 1.31 bits per heavy atom. The number of guanidine groups is 1. The van der Waals surface area contributed by atoms with Crippen LogP contribution in [0.15, 0.2) is 34.5 Å². The summed E-state index contributed by atoms with van der Waals surface area (Å²) in [6.45, 7) is 1.80. The average Bonchev–Trinajstić information content (AvgIpc) is 2.69. The summed E-state index contributed by atoms with van der Waals surface area (Å²) in [5.74, 6) is 1.57. The van der Waals surface area contributed by atoms with Crippen molar-refractivity contribution in [2.75, 3.05) is 13.1 Å². The molecule has 5 nitrogen and oxygen atoms in total. The highest BCUT2D eigenvalue weighted by molar-refractivity contribution is 6.07. The van der Waals surface area contributed by atoms with Crippen LogP contribution < -0.4 is 5.73 Å². The molecule has 0 radical (unpaired) electrons. The SMILES string of the molecule is NC1=NC(c2ccncc2)C2=NCCCN12. The second-order valence-corrected chi connectivity index (χ2v) is 3.92. The molecule has 1 atom stereocenters. The molecule has 0 saturated heterocycles. The van der Waals surface area contributed by atoms with E-state index in [1.165, 1.54) is 0 Å². The first-order chi connectivity index (χ1) is 7.86. The summed E-state index contributed by atoms with van der Waals surface area (Å²) >= 11 is 0. The van der Waals surface area contributed by atoms with Crippen LogP contribution in [0, 0.1) is 0 Å². The Hall–Kier alpha value is -1.91. The maximum absolute atomic E-state index is 5.90. The van der Waals surface area contributed by atoms with Gasteiger partial charge in [-0.3, -0.25) is 14.9 Å². The van der Waals surface area contributed by atoms with Crippen LogP contribution in [-0.4, -0.2) is 34.8 Å². The highest BCUT2D eigenvalue weighted by atomic mass is 15.4. The first-order valence-electron chi connectivity index (χ1n) is 5.41. The molecule has 5 heteroatoms. The van der Waals surface area contributed by atoms with E-state index in [1.54, 1.807) is 12.4 Å². The number of fused-ring (bicyclic) bond motifs is 1. The summed E-state index contributed by atoms with van der Waals surface area (Å²) in [4.78, 5) is 15.0. The molecular weight excluding hydrogens is 202 g/mol. The van der Waals surface area contributed by atoms with Crippen LogP contribution in [-0.2, 0) is 0 Å². The molecule has 1 aromatic heterocycles. The minimum absolute atomic E-state index is 0.0386. The van der Waals surface area contributed by atoms with E-state index in [0.29, 0.717) is 5.96 Å². The summed E-state index contributed by atoms with van der Waals surface area (Å²) in [5, 5.41) is 0. The van der Waals surface area contributed by atoms with Crippen LogP contribution in [0.25, 0.3) is 0 Å². The Kier molecular flexibility index (Phi) is 2.09. The second kappa shape index (κ2) is 3.59. The zero-order valence-electron chi connectivity index (χ0n) is 8.87. The molecule has 0 fully saturated rings. The Morgan fingerprint density at radius 3 is 2.94 bits per heavy atom. The van der Waals surface area contributed by atoms with Crippen molar-refractivity contribution < 1.29 is 0 Å². The van der Waals surface area contributed by atoms with E-state index in [4.69, 9.17) is 5.73 Å². The molecule has 0 amide bonds. The molecular formula is C11H13N5. The second-order valence-electron chi connectivity index (χ2n) is 3.92. The lowest BCUT2D eigenvalue weighted by atomic mass is 10.1. The quantitative estimate of drug-likeness (QED) is 0.744. The first-order valence-corrected chi connectivity index (χ1v) is 5.41. The molecule has 3 rings (SSSR count). The molecule has 2 aliphatic heterocycles. The van der Waals surface area contributed by atoms with Gasteiger partial charge in [0.1, 0.15) is 11.9 Å². The normalized spacial score (nSPS) is 23.8. The molecule has 1 unspecified atom stereocenters. The van der Waals surface area contributed by atoms with Gasteiger partial charge in [0.05, 0.1) is 0 Å². The van der Waals surface area contributed by atoms with Gasteiger partial charge in [-0.15, -0.1) is 0 Å². The van der Waals surface area contributed by atoms with E-state index in [9.17, 15) is 0 Å². The first kappa shape index (κ1) is 9.33. The fourth-order valence-electron chi connectivity index (χ4n) is 2.12. The lowest BCUT2D eigenvalue weighted by molar-refractivity contribution is 0.545. The van der Waals surface area contributed by atoms with E-state index in [2.05, 4.69) is 15.0 Å². The Bertz CT molecular complexity index is 451. The van der Waals surface area contributed by atoms with Crippen LogP contribution in [0.3, 0.4) is 0 Å². The maximum Gasteiger partial charge on any atom is 0.197 e. The van der Waals surface area contributed by atoms with E-state index in [-0.39, 0.29) is 6.04 Å². The largest absolute Gasteiger partial charge is 0.369 e. The highest BCUT2D eigenvalue weighted by Gasteiger charge is 2.33. The maximum atomic E-state index is 5.90. The molecule has 0 spiro atoms. The Labute approximate surface area is 93.7 Å². The van der Waals surface area contributed by atoms with E-state index < -0.39 is 0 Å². The zero-order chi connectivity index (χ0) is 11.0. The topological polar surface area (TPSA) is 66.9 Å². The summed E-state index contributed by atoms with van der Waals surface area (Å²) in [6, 6.07) is 3.88. The van der Waals surface area contributed by atoms with E-state index in [1.807, 2.05) is 17.0 Å². The molecule has 2 aliphatic rings. The third-order valence-corrected chi connectivity index (χ3v) is 2.89. The summed E-state index contributed by atoms with van der Waals surface area (Å²) in [5.41, 5.74) is 6.99. The number of rotatable bonds is 1. The number of hydrogen-bond donors (Lipinski definition) is 1. The van der Waals surface area contributed by atoms with Gasteiger partial charge in [-0.2, -0.15) is 0 Å². The third-order valence-electron chi connectivity index (χ3n) is 2.89. The smallest absolute Gasteiger partial charge is 0.197 e. The fraction of sp³-hybridized carbons (Fsp3) is 0.364. The number of nitrogens with zero attached hydrogens (tertiary/aromatic N) is 4. The molecule has 82 valence electrons. The number of pyridine rings is 1. The number of amidine groups is 1. The van der Waals surface area contributed by atoms with Crippen molar-refractivity contribution in [3.63, 3.8) is 0 Å². The fourth-order valence-corrected chi connectivity index (χ4v) is 2.12. The van der Waals surface area contributed by atoms with Crippen molar-refractivity contribution >= 4 is 11.8 Å². The van der Waals surface area contributed by atoms with Crippen LogP contribution in [0.1, 0.15) is 18.0 Å². The predicted molar refractivity (Wildman–Crippen MR) is 62.2 cm³/mol. The Balaban J connectivity index is 2.00. The average molecular weight is 215 g/mol. The van der Waals surface area contributed by atoms with Crippen LogP contribution >= 0.6 is 0 Å². The van der Waals surface area contributed by atoms with Gasteiger partial charge in [-0.05, 0) is 24.1 Å². The van der Waals surface area contributed by atoms with Crippen LogP contribution in [0.2, 0.25) is 0 Å². The van der Waals surface area contributed by atoms with Gasteiger partial charge >= 0.3 is 0 Å². The van der Waals surface area contributed by atoms with Crippen LogP contribution in [0.5, 0.6) is 0 Å². The van der Waals surface area contributed by atoms with Crippen molar-refractivity contribution in [2.24, 2.45) is 15.7 Å². The lowest BCUT2D eigenvalue weighted by Crippen LogP contribution is -2.41. The summed E-state index contributed by atoms with van der Waals surface area (Å²) in [7, 11) is 0. The van der Waals surface area contributed by atoms with Gasteiger partial charge in [-0.25, -0.2) is 4.99 Å². The molecule has 1 aromatic rings. The third kappa shape index (κ3) is 1.36. The molecule has 2 N–H and O–H groups in total. The molecule has 0 aromatic carbocycles. The van der Waals surface area contributed by atoms with Gasteiger partial charge in [0.25, 0.3) is 0 Å². The molecule has 0 saturated carbocycles. The molecule has 16 heavy (non-hydrogen) atoms. The van der Waals surface area contributed by atoms with E-state index in [0.717, 1.165) is 30.9 Å². The standard InChI is InChI=1S/C11H13N5/c12-11-15-9(8-2-5-13-6-3-8)10-14-4-1-7-16(10)11/h2-3,5-6,9H,1,4,7H2,(H2,12,15). The lowest BCUT2D eigenvalue weighted by Gasteiger charge is -2.24. The van der Waals surface area contributed by atoms with Crippen molar-refractivity contribution in [2.45, 2.75) is 12.5 Å². The number of aliphatic imine (C=N–C) groups is 2. The number of nitrogens with two attached hydrogens (primary N) is 1. The van der Waals surface area contributed by atoms with Crippen molar-refractivity contribution in [1.29, 1.82) is 0 Å².